The maximum Gasteiger partial charge on any atom is 0.236 e. The van der Waals surface area contributed by atoms with Crippen LogP contribution >= 0.6 is 12.2 Å². The summed E-state index contributed by atoms with van der Waals surface area (Å²) in [7, 11) is 1.93. The third kappa shape index (κ3) is 4.58. The molecule has 162 valence electrons. The quantitative estimate of drug-likeness (QED) is 0.654. The molecule has 1 aromatic heterocycles. The molecule has 8 nitrogen and oxygen atoms in total. The normalized spacial score (nSPS) is 17.2. The van der Waals surface area contributed by atoms with Gasteiger partial charge in [-0.05, 0) is 51.2 Å². The Morgan fingerprint density at radius 3 is 2.47 bits per heavy atom. The number of aromatic nitrogens is 3. The van der Waals surface area contributed by atoms with E-state index in [1.807, 2.05) is 21.5 Å². The van der Waals surface area contributed by atoms with Crippen LogP contribution in [0.4, 0.5) is 5.95 Å². The molecule has 0 saturated carbocycles. The number of aryl methyl sites for hydroxylation is 1. The van der Waals surface area contributed by atoms with E-state index >= 15 is 0 Å². The Morgan fingerprint density at radius 1 is 1.13 bits per heavy atom. The Hall–Kier alpha value is -2.23. The minimum atomic E-state index is 0.116. The Morgan fingerprint density at radius 2 is 1.80 bits per heavy atom. The van der Waals surface area contributed by atoms with Crippen LogP contribution in [0.25, 0.3) is 5.69 Å². The molecule has 0 unspecified atom stereocenters. The summed E-state index contributed by atoms with van der Waals surface area (Å²) >= 11 is 5.82. The number of carbonyl (C=O) groups excluding carboxylic acids is 1. The van der Waals surface area contributed by atoms with Crippen molar-refractivity contribution < 1.29 is 9.53 Å². The highest BCUT2D eigenvalue weighted by Crippen LogP contribution is 2.24. The molecule has 2 aromatic rings. The lowest BCUT2D eigenvalue weighted by molar-refractivity contribution is -0.136. The van der Waals surface area contributed by atoms with E-state index in [1.165, 1.54) is 18.4 Å². The SMILES string of the molecule is Cc1ccc(-n2c(N3CCCC3)nn(CN(C)CC(=O)N3CCOCC3)c2=S)cc1. The van der Waals surface area contributed by atoms with Crippen LogP contribution in [0.15, 0.2) is 24.3 Å². The molecule has 2 fully saturated rings. The van der Waals surface area contributed by atoms with Gasteiger partial charge in [0.15, 0.2) is 0 Å². The number of ether oxygens (including phenoxy) is 1. The van der Waals surface area contributed by atoms with Crippen LogP contribution in [-0.4, -0.2) is 83.0 Å². The smallest absolute Gasteiger partial charge is 0.236 e. The number of rotatable bonds is 6. The van der Waals surface area contributed by atoms with Gasteiger partial charge < -0.3 is 14.5 Å². The average molecular weight is 431 g/mol. The third-order valence-electron chi connectivity index (χ3n) is 5.65. The van der Waals surface area contributed by atoms with Crippen molar-refractivity contribution in [3.8, 4) is 5.69 Å². The molecule has 4 rings (SSSR count). The molecule has 0 atom stereocenters. The lowest BCUT2D eigenvalue weighted by Crippen LogP contribution is -2.45. The van der Waals surface area contributed by atoms with E-state index in [0.29, 0.717) is 44.3 Å². The van der Waals surface area contributed by atoms with E-state index in [-0.39, 0.29) is 5.91 Å². The van der Waals surface area contributed by atoms with Crippen LogP contribution in [0.5, 0.6) is 0 Å². The van der Waals surface area contributed by atoms with Crippen molar-refractivity contribution in [2.24, 2.45) is 0 Å². The second-order valence-corrected chi connectivity index (χ2v) is 8.46. The highest BCUT2D eigenvalue weighted by Gasteiger charge is 2.23. The number of benzene rings is 1. The molecule has 2 saturated heterocycles. The van der Waals surface area contributed by atoms with Crippen LogP contribution < -0.4 is 4.90 Å². The first-order valence-electron chi connectivity index (χ1n) is 10.6. The van der Waals surface area contributed by atoms with E-state index in [4.69, 9.17) is 22.1 Å². The van der Waals surface area contributed by atoms with Gasteiger partial charge in [-0.15, -0.1) is 5.10 Å². The number of carbonyl (C=O) groups is 1. The van der Waals surface area contributed by atoms with Crippen molar-refractivity contribution in [2.45, 2.75) is 26.4 Å². The molecule has 0 N–H and O–H groups in total. The summed E-state index contributed by atoms with van der Waals surface area (Å²) < 4.78 is 9.86. The number of likely N-dealkylation sites (N-methyl/N-ethyl adjacent to an activating group) is 1. The zero-order valence-corrected chi connectivity index (χ0v) is 18.6. The zero-order valence-electron chi connectivity index (χ0n) is 17.8. The lowest BCUT2D eigenvalue weighted by Gasteiger charge is -2.28. The first kappa shape index (κ1) is 21.0. The molecule has 0 spiro atoms. The van der Waals surface area contributed by atoms with Gasteiger partial charge in [0, 0.05) is 26.2 Å². The molecule has 2 aliphatic rings. The predicted molar refractivity (Wildman–Crippen MR) is 119 cm³/mol. The maximum atomic E-state index is 12.6. The van der Waals surface area contributed by atoms with Gasteiger partial charge in [-0.3, -0.25) is 14.3 Å². The highest BCUT2D eigenvalue weighted by atomic mass is 32.1. The Balaban J connectivity index is 1.55. The first-order chi connectivity index (χ1) is 14.5. The van der Waals surface area contributed by atoms with Crippen LogP contribution in [0.1, 0.15) is 18.4 Å². The summed E-state index contributed by atoms with van der Waals surface area (Å²) in [6.07, 6.45) is 2.34. The van der Waals surface area contributed by atoms with Crippen molar-refractivity contribution in [3.05, 3.63) is 34.6 Å². The van der Waals surface area contributed by atoms with Crippen LogP contribution in [-0.2, 0) is 16.2 Å². The van der Waals surface area contributed by atoms with Gasteiger partial charge in [-0.2, -0.15) is 0 Å². The van der Waals surface area contributed by atoms with Crippen molar-refractivity contribution in [2.75, 3.05) is 57.9 Å². The van der Waals surface area contributed by atoms with Crippen molar-refractivity contribution in [1.82, 2.24) is 24.1 Å². The van der Waals surface area contributed by atoms with Gasteiger partial charge in [0.05, 0.1) is 32.1 Å². The van der Waals surface area contributed by atoms with Gasteiger partial charge >= 0.3 is 0 Å². The zero-order chi connectivity index (χ0) is 21.1. The van der Waals surface area contributed by atoms with E-state index in [0.717, 1.165) is 24.7 Å². The molecule has 1 aromatic carbocycles. The summed E-state index contributed by atoms with van der Waals surface area (Å²) in [5, 5.41) is 4.87. The monoisotopic (exact) mass is 430 g/mol. The summed E-state index contributed by atoms with van der Waals surface area (Å²) in [6.45, 7) is 7.40. The van der Waals surface area contributed by atoms with Crippen LogP contribution in [0.2, 0.25) is 0 Å². The summed E-state index contributed by atoms with van der Waals surface area (Å²) in [4.78, 5) is 18.7. The van der Waals surface area contributed by atoms with Gasteiger partial charge in [0.2, 0.25) is 16.6 Å². The maximum absolute atomic E-state index is 12.6. The van der Waals surface area contributed by atoms with Gasteiger partial charge in [-0.25, -0.2) is 4.68 Å². The fourth-order valence-electron chi connectivity index (χ4n) is 3.95. The number of morpholine rings is 1. The molecule has 1 amide bonds. The highest BCUT2D eigenvalue weighted by molar-refractivity contribution is 7.71. The number of hydrogen-bond donors (Lipinski definition) is 0. The molecule has 9 heteroatoms. The fraction of sp³-hybridized carbons (Fsp3) is 0.571. The van der Waals surface area contributed by atoms with Gasteiger partial charge in [0.25, 0.3) is 0 Å². The predicted octanol–water partition coefficient (Wildman–Crippen LogP) is 2.06. The summed E-state index contributed by atoms with van der Waals surface area (Å²) in [6, 6.07) is 8.36. The van der Waals surface area contributed by atoms with Crippen molar-refractivity contribution in [3.63, 3.8) is 0 Å². The van der Waals surface area contributed by atoms with Gasteiger partial charge in [-0.1, -0.05) is 17.7 Å². The third-order valence-corrected chi connectivity index (χ3v) is 6.04. The number of hydrogen-bond acceptors (Lipinski definition) is 6. The molecule has 2 aliphatic heterocycles. The Labute approximate surface area is 182 Å². The number of nitrogens with zero attached hydrogens (tertiary/aromatic N) is 6. The minimum Gasteiger partial charge on any atom is -0.378 e. The molecule has 0 radical (unpaired) electrons. The van der Waals surface area contributed by atoms with E-state index < -0.39 is 0 Å². The molecular formula is C21H30N6O2S. The summed E-state index contributed by atoms with van der Waals surface area (Å²) in [5.74, 6) is 0.999. The molecule has 30 heavy (non-hydrogen) atoms. The van der Waals surface area contributed by atoms with E-state index in [9.17, 15) is 4.79 Å². The first-order valence-corrected chi connectivity index (χ1v) is 11.0. The van der Waals surface area contributed by atoms with Crippen LogP contribution in [0, 0.1) is 11.7 Å². The number of amides is 1. The average Bonchev–Trinajstić information content (AvgIpc) is 3.38. The Kier molecular flexibility index (Phi) is 6.50. The molecular weight excluding hydrogens is 400 g/mol. The topological polar surface area (TPSA) is 58.8 Å². The molecule has 3 heterocycles. The second-order valence-electron chi connectivity index (χ2n) is 8.10. The lowest BCUT2D eigenvalue weighted by atomic mass is 10.2. The largest absolute Gasteiger partial charge is 0.378 e. The van der Waals surface area contributed by atoms with Gasteiger partial charge in [0.1, 0.15) is 0 Å². The van der Waals surface area contributed by atoms with Crippen molar-refractivity contribution in [1.29, 1.82) is 0 Å². The fourth-order valence-corrected chi connectivity index (χ4v) is 4.24. The van der Waals surface area contributed by atoms with E-state index in [1.54, 1.807) is 0 Å². The Bertz CT molecular complexity index is 926. The number of anilines is 1. The van der Waals surface area contributed by atoms with Crippen molar-refractivity contribution >= 4 is 24.1 Å². The minimum absolute atomic E-state index is 0.116. The van der Waals surface area contributed by atoms with E-state index in [2.05, 4.69) is 40.7 Å². The second kappa shape index (κ2) is 9.28. The van der Waals surface area contributed by atoms with Crippen LogP contribution in [0.3, 0.4) is 0 Å². The molecule has 0 aliphatic carbocycles. The summed E-state index contributed by atoms with van der Waals surface area (Å²) in [5.41, 5.74) is 2.23. The standard InChI is InChI=1S/C21H30N6O2S/c1-17-5-7-18(8-6-17)27-20(25-9-3-4-10-25)22-26(21(27)30)16-23(2)15-19(28)24-11-13-29-14-12-24/h5-8H,3-4,9-16H2,1-2H3. The molecule has 0 bridgehead atoms.